The van der Waals surface area contributed by atoms with Crippen LogP contribution < -0.4 is 10.6 Å². The lowest BCUT2D eigenvalue weighted by molar-refractivity contribution is -0.113. The molecule has 3 rings (SSSR count). The lowest BCUT2D eigenvalue weighted by Gasteiger charge is -2.37. The number of carbonyl (C=O) groups is 2. The fraction of sp³-hybridized carbons (Fsp3) is 0.500. The number of Topliss-reactive ketones (excluding diaryl/α,β-unsaturated/α-hetero) is 1. The Morgan fingerprint density at radius 3 is 2.71 bits per heavy atom. The lowest BCUT2D eigenvalue weighted by atomic mass is 9.88. The molecule has 7 nitrogen and oxygen atoms in total. The van der Waals surface area contributed by atoms with Crippen molar-refractivity contribution in [1.29, 1.82) is 0 Å². The van der Waals surface area contributed by atoms with E-state index < -0.39 is 0 Å². The van der Waals surface area contributed by atoms with Crippen molar-refractivity contribution in [2.45, 2.75) is 57.6 Å². The molecular weight excluding hydrogens is 394 g/mol. The molecular formula is C24H33N3O4. The van der Waals surface area contributed by atoms with E-state index in [0.717, 1.165) is 45.1 Å². The van der Waals surface area contributed by atoms with E-state index in [0.29, 0.717) is 22.7 Å². The highest BCUT2D eigenvalue weighted by Gasteiger charge is 2.36. The molecule has 2 atom stereocenters. The van der Waals surface area contributed by atoms with Crippen LogP contribution in [-0.2, 0) is 9.53 Å². The van der Waals surface area contributed by atoms with Crippen molar-refractivity contribution in [3.63, 3.8) is 0 Å². The number of nitrogens with one attached hydrogen (secondary N) is 2. The Kier molecular flexibility index (Phi) is 7.38. The van der Waals surface area contributed by atoms with Gasteiger partial charge < -0.3 is 25.4 Å². The zero-order chi connectivity index (χ0) is 22.5. The van der Waals surface area contributed by atoms with Gasteiger partial charge in [0.05, 0.1) is 29.1 Å². The minimum absolute atomic E-state index is 0.104. The molecule has 2 aliphatic carbocycles. The van der Waals surface area contributed by atoms with Gasteiger partial charge in [-0.15, -0.1) is 0 Å². The van der Waals surface area contributed by atoms with Crippen LogP contribution in [0.5, 0.6) is 5.75 Å². The van der Waals surface area contributed by atoms with Crippen LogP contribution in [0.4, 0.5) is 5.69 Å². The number of phenols is 1. The first-order valence-corrected chi connectivity index (χ1v) is 11.0. The van der Waals surface area contributed by atoms with E-state index in [9.17, 15) is 14.7 Å². The van der Waals surface area contributed by atoms with E-state index in [1.54, 1.807) is 32.3 Å². The Hall–Kier alpha value is -2.80. The maximum atomic E-state index is 12.5. The Morgan fingerprint density at radius 2 is 2.00 bits per heavy atom. The van der Waals surface area contributed by atoms with Crippen molar-refractivity contribution < 1.29 is 19.4 Å². The first-order chi connectivity index (χ1) is 14.8. The molecule has 31 heavy (non-hydrogen) atoms. The van der Waals surface area contributed by atoms with Crippen LogP contribution in [0.2, 0.25) is 0 Å². The summed E-state index contributed by atoms with van der Waals surface area (Å²) in [7, 11) is 3.24. The summed E-state index contributed by atoms with van der Waals surface area (Å²) in [6.45, 7) is 6.78. The number of nitrogens with zero attached hydrogens (tertiary/aromatic N) is 1. The van der Waals surface area contributed by atoms with Gasteiger partial charge in [0.15, 0.2) is 5.75 Å². The zero-order valence-electron chi connectivity index (χ0n) is 18.7. The van der Waals surface area contributed by atoms with Gasteiger partial charge in [0, 0.05) is 26.3 Å². The average molecular weight is 428 g/mol. The minimum Gasteiger partial charge on any atom is -0.505 e. The molecule has 0 aliphatic heterocycles. The Labute approximate surface area is 184 Å². The number of para-hydroxylation sites is 1. The smallest absolute Gasteiger partial charge is 0.257 e. The second kappa shape index (κ2) is 10.0. The number of amides is 1. The maximum Gasteiger partial charge on any atom is 0.257 e. The van der Waals surface area contributed by atoms with Gasteiger partial charge in [-0.05, 0) is 31.4 Å². The average Bonchev–Trinajstić information content (AvgIpc) is 2.77. The molecule has 1 aromatic carbocycles. The van der Waals surface area contributed by atoms with Crippen LogP contribution in [-0.4, -0.2) is 54.5 Å². The Morgan fingerprint density at radius 1 is 1.26 bits per heavy atom. The van der Waals surface area contributed by atoms with Crippen LogP contribution >= 0.6 is 0 Å². The van der Waals surface area contributed by atoms with E-state index >= 15 is 0 Å². The molecule has 1 fully saturated rings. The molecule has 0 heterocycles. The predicted octanol–water partition coefficient (Wildman–Crippen LogP) is 3.57. The molecule has 1 aromatic rings. The van der Waals surface area contributed by atoms with Gasteiger partial charge >= 0.3 is 0 Å². The third kappa shape index (κ3) is 4.93. The highest BCUT2D eigenvalue weighted by molar-refractivity contribution is 6.21. The summed E-state index contributed by atoms with van der Waals surface area (Å²) < 4.78 is 6.10. The molecule has 0 bridgehead atoms. The third-order valence-corrected chi connectivity index (χ3v) is 5.85. The number of unbranched alkanes of at least 4 members (excludes halogenated alkanes) is 1. The summed E-state index contributed by atoms with van der Waals surface area (Å²) in [5.74, 6) is -0.700. The minimum atomic E-state index is -0.313. The van der Waals surface area contributed by atoms with Gasteiger partial charge in [-0.3, -0.25) is 9.59 Å². The molecule has 0 spiro atoms. The van der Waals surface area contributed by atoms with Crippen LogP contribution in [0, 0.1) is 0 Å². The van der Waals surface area contributed by atoms with Gasteiger partial charge in [0.25, 0.3) is 5.91 Å². The van der Waals surface area contributed by atoms with Crippen LogP contribution in [0.3, 0.4) is 0 Å². The van der Waals surface area contributed by atoms with Gasteiger partial charge in [0.2, 0.25) is 5.78 Å². The van der Waals surface area contributed by atoms with E-state index in [4.69, 9.17) is 4.74 Å². The normalized spacial score (nSPS) is 21.0. The molecule has 0 unspecified atom stereocenters. The third-order valence-electron chi connectivity index (χ3n) is 5.85. The predicted molar refractivity (Wildman–Crippen MR) is 121 cm³/mol. The molecule has 7 heteroatoms. The number of benzene rings is 1. The fourth-order valence-corrected chi connectivity index (χ4v) is 3.96. The Balaban J connectivity index is 1.79. The van der Waals surface area contributed by atoms with Gasteiger partial charge in [-0.2, -0.15) is 0 Å². The van der Waals surface area contributed by atoms with Crippen molar-refractivity contribution in [2.24, 2.45) is 0 Å². The van der Waals surface area contributed by atoms with Crippen molar-refractivity contribution >= 4 is 17.4 Å². The van der Waals surface area contributed by atoms with E-state index in [-0.39, 0.29) is 35.1 Å². The number of phenolic OH excluding ortho intramolecular Hbond substituents is 1. The summed E-state index contributed by atoms with van der Waals surface area (Å²) in [4.78, 5) is 26.2. The van der Waals surface area contributed by atoms with Gasteiger partial charge in [-0.1, -0.05) is 38.8 Å². The van der Waals surface area contributed by atoms with Crippen molar-refractivity contribution in [2.75, 3.05) is 26.0 Å². The molecule has 0 saturated heterocycles. The quantitative estimate of drug-likeness (QED) is 0.317. The summed E-state index contributed by atoms with van der Waals surface area (Å²) in [6.07, 6.45) is 6.43. The van der Waals surface area contributed by atoms with Gasteiger partial charge in [-0.25, -0.2) is 0 Å². The number of hydrogen-bond donors (Lipinski definition) is 3. The molecule has 1 saturated carbocycles. The number of allylic oxidation sites excluding steroid dienone is 2. The number of hydrogen-bond acceptors (Lipinski definition) is 6. The number of ether oxygens (including phenoxy) is 1. The summed E-state index contributed by atoms with van der Waals surface area (Å²) in [6, 6.07) is 4.97. The second-order valence-corrected chi connectivity index (χ2v) is 8.38. The largest absolute Gasteiger partial charge is 0.505 e. The van der Waals surface area contributed by atoms with Crippen molar-refractivity contribution in [3.8, 4) is 5.75 Å². The number of rotatable bonds is 9. The van der Waals surface area contributed by atoms with Crippen LogP contribution in [0.1, 0.15) is 55.8 Å². The maximum absolute atomic E-state index is 12.5. The SMILES string of the molecule is C=C1C(=O)C(Nc2cccc(C(=O)N(C)C)c2O)=C1N[C@@H]1CCCC[C@H]1OCCCC. The second-order valence-electron chi connectivity index (χ2n) is 8.38. The standard InChI is InChI=1S/C24H33N3O4/c1-5-6-14-31-19-13-8-7-11-17(19)25-20-15(2)22(28)21(20)26-18-12-9-10-16(23(18)29)24(30)27(3)4/h9-10,12,17,19,25-26,29H,2,5-8,11,13-14H2,1,3-4H3/t17-,19-/m1/s1. The van der Waals surface area contributed by atoms with E-state index in [1.165, 1.54) is 4.90 Å². The molecule has 3 N–H and O–H groups in total. The van der Waals surface area contributed by atoms with Crippen LogP contribution in [0.25, 0.3) is 0 Å². The lowest BCUT2D eigenvalue weighted by Crippen LogP contribution is -2.47. The number of aromatic hydroxyl groups is 1. The topological polar surface area (TPSA) is 90.9 Å². The van der Waals surface area contributed by atoms with E-state index in [1.807, 2.05) is 0 Å². The summed E-state index contributed by atoms with van der Waals surface area (Å²) >= 11 is 0. The monoisotopic (exact) mass is 427 g/mol. The number of ketones is 1. The van der Waals surface area contributed by atoms with E-state index in [2.05, 4.69) is 24.1 Å². The molecule has 0 radical (unpaired) electrons. The molecule has 0 aromatic heterocycles. The molecule has 1 amide bonds. The molecule has 168 valence electrons. The highest BCUT2D eigenvalue weighted by Crippen LogP contribution is 2.35. The van der Waals surface area contributed by atoms with Crippen molar-refractivity contribution in [1.82, 2.24) is 10.2 Å². The summed E-state index contributed by atoms with van der Waals surface area (Å²) in [5.41, 5.74) is 1.91. The zero-order valence-corrected chi connectivity index (χ0v) is 18.7. The fourth-order valence-electron chi connectivity index (χ4n) is 3.96. The van der Waals surface area contributed by atoms with Crippen molar-refractivity contribution in [3.05, 3.63) is 47.3 Å². The summed E-state index contributed by atoms with van der Waals surface area (Å²) in [5, 5.41) is 17.1. The van der Waals surface area contributed by atoms with Gasteiger partial charge in [0.1, 0.15) is 5.70 Å². The first kappa shape index (κ1) is 22.9. The van der Waals surface area contributed by atoms with Crippen LogP contribution in [0.15, 0.2) is 41.7 Å². The highest BCUT2D eigenvalue weighted by atomic mass is 16.5. The Bertz CT molecular complexity index is 891. The number of anilines is 1. The molecule has 2 aliphatic rings. The first-order valence-electron chi connectivity index (χ1n) is 11.0. The number of carbonyl (C=O) groups excluding carboxylic acids is 2.